The SMILES string of the molecule is CCOc1cc(CNc2nnnn2C)cc(Br)c1OCc1ccccc1Cl. The second-order valence-electron chi connectivity index (χ2n) is 5.70. The van der Waals surface area contributed by atoms with Gasteiger partial charge in [-0.3, -0.25) is 0 Å². The average molecular weight is 453 g/mol. The lowest BCUT2D eigenvalue weighted by Crippen LogP contribution is -2.07. The minimum Gasteiger partial charge on any atom is -0.490 e. The van der Waals surface area contributed by atoms with E-state index in [4.69, 9.17) is 21.1 Å². The molecular formula is C18H19BrClN5O2. The molecule has 1 aromatic heterocycles. The summed E-state index contributed by atoms with van der Waals surface area (Å²) in [6, 6.07) is 11.5. The highest BCUT2D eigenvalue weighted by Crippen LogP contribution is 2.38. The molecule has 7 nitrogen and oxygen atoms in total. The topological polar surface area (TPSA) is 74.1 Å². The van der Waals surface area contributed by atoms with Crippen LogP contribution in [0.1, 0.15) is 18.1 Å². The fourth-order valence-corrected chi connectivity index (χ4v) is 3.25. The molecule has 0 aliphatic carbocycles. The second kappa shape index (κ2) is 9.05. The van der Waals surface area contributed by atoms with Crippen LogP contribution in [-0.4, -0.2) is 26.8 Å². The molecule has 9 heteroatoms. The molecular weight excluding hydrogens is 434 g/mol. The average Bonchev–Trinajstić information content (AvgIpc) is 3.06. The first kappa shape index (κ1) is 19.4. The van der Waals surface area contributed by atoms with Gasteiger partial charge in [0.2, 0.25) is 5.95 Å². The van der Waals surface area contributed by atoms with Gasteiger partial charge in [0.15, 0.2) is 11.5 Å². The van der Waals surface area contributed by atoms with Crippen molar-refractivity contribution >= 4 is 33.5 Å². The van der Waals surface area contributed by atoms with Crippen molar-refractivity contribution in [3.8, 4) is 11.5 Å². The van der Waals surface area contributed by atoms with E-state index in [1.165, 1.54) is 0 Å². The molecule has 0 saturated heterocycles. The van der Waals surface area contributed by atoms with E-state index in [0.717, 1.165) is 15.6 Å². The molecule has 1 N–H and O–H groups in total. The lowest BCUT2D eigenvalue weighted by atomic mass is 10.2. The smallest absolute Gasteiger partial charge is 0.242 e. The molecule has 0 atom stereocenters. The molecule has 0 aliphatic rings. The van der Waals surface area contributed by atoms with Crippen LogP contribution in [0.3, 0.4) is 0 Å². The summed E-state index contributed by atoms with van der Waals surface area (Å²) in [7, 11) is 1.77. The van der Waals surface area contributed by atoms with Crippen molar-refractivity contribution in [2.75, 3.05) is 11.9 Å². The zero-order chi connectivity index (χ0) is 19.2. The van der Waals surface area contributed by atoms with Crippen molar-refractivity contribution in [1.82, 2.24) is 20.2 Å². The van der Waals surface area contributed by atoms with E-state index >= 15 is 0 Å². The molecule has 0 radical (unpaired) electrons. The summed E-state index contributed by atoms with van der Waals surface area (Å²) < 4.78 is 14.1. The molecule has 3 rings (SSSR count). The first-order chi connectivity index (χ1) is 13.1. The summed E-state index contributed by atoms with van der Waals surface area (Å²) in [6.45, 7) is 3.35. The summed E-state index contributed by atoms with van der Waals surface area (Å²) in [6.07, 6.45) is 0. The molecule has 142 valence electrons. The number of nitrogens with zero attached hydrogens (tertiary/aromatic N) is 4. The Balaban J connectivity index is 1.77. The number of rotatable bonds is 8. The Morgan fingerprint density at radius 3 is 2.74 bits per heavy atom. The van der Waals surface area contributed by atoms with Crippen LogP contribution in [0.25, 0.3) is 0 Å². The van der Waals surface area contributed by atoms with E-state index in [1.807, 2.05) is 43.3 Å². The highest BCUT2D eigenvalue weighted by molar-refractivity contribution is 9.10. The molecule has 0 spiro atoms. The zero-order valence-electron chi connectivity index (χ0n) is 14.9. The number of tetrazole rings is 1. The second-order valence-corrected chi connectivity index (χ2v) is 6.96. The zero-order valence-corrected chi connectivity index (χ0v) is 17.3. The monoisotopic (exact) mass is 451 g/mol. The van der Waals surface area contributed by atoms with E-state index in [1.54, 1.807) is 11.7 Å². The van der Waals surface area contributed by atoms with Crippen molar-refractivity contribution in [3.05, 3.63) is 57.0 Å². The molecule has 27 heavy (non-hydrogen) atoms. The number of nitrogens with one attached hydrogen (secondary N) is 1. The normalized spacial score (nSPS) is 10.7. The lowest BCUT2D eigenvalue weighted by Gasteiger charge is -2.16. The fourth-order valence-electron chi connectivity index (χ4n) is 2.45. The first-order valence-corrected chi connectivity index (χ1v) is 9.53. The molecule has 0 aliphatic heterocycles. The van der Waals surface area contributed by atoms with Crippen molar-refractivity contribution < 1.29 is 9.47 Å². The van der Waals surface area contributed by atoms with Gasteiger partial charge in [-0.15, -0.1) is 0 Å². The van der Waals surface area contributed by atoms with Gasteiger partial charge >= 0.3 is 0 Å². The third-order valence-corrected chi connectivity index (χ3v) is 4.73. The maximum absolute atomic E-state index is 6.21. The standard InChI is InChI=1S/C18H19BrClN5O2/c1-3-26-16-9-12(10-21-18-22-23-24-25(18)2)8-14(19)17(16)27-11-13-6-4-5-7-15(13)20/h4-9H,3,10-11H2,1-2H3,(H,21,22,24). The van der Waals surface area contributed by atoms with Crippen LogP contribution in [0.5, 0.6) is 11.5 Å². The van der Waals surface area contributed by atoms with Crippen LogP contribution in [0, 0.1) is 0 Å². The Labute approximate surface area is 170 Å². The van der Waals surface area contributed by atoms with Crippen molar-refractivity contribution in [1.29, 1.82) is 0 Å². The van der Waals surface area contributed by atoms with Crippen LogP contribution in [0.15, 0.2) is 40.9 Å². The van der Waals surface area contributed by atoms with Crippen molar-refractivity contribution in [2.45, 2.75) is 20.1 Å². The highest BCUT2D eigenvalue weighted by atomic mass is 79.9. The molecule has 1 heterocycles. The lowest BCUT2D eigenvalue weighted by molar-refractivity contribution is 0.267. The van der Waals surface area contributed by atoms with E-state index in [2.05, 4.69) is 36.8 Å². The van der Waals surface area contributed by atoms with Crippen LogP contribution < -0.4 is 14.8 Å². The van der Waals surface area contributed by atoms with Gasteiger partial charge in [0.05, 0.1) is 11.1 Å². The van der Waals surface area contributed by atoms with Gasteiger partial charge in [-0.1, -0.05) is 34.9 Å². The molecule has 0 bridgehead atoms. The Bertz CT molecular complexity index is 919. The van der Waals surface area contributed by atoms with Crippen LogP contribution in [0.4, 0.5) is 5.95 Å². The summed E-state index contributed by atoms with van der Waals surface area (Å²) in [5.41, 5.74) is 1.91. The number of benzene rings is 2. The van der Waals surface area contributed by atoms with Crippen LogP contribution >= 0.6 is 27.5 Å². The predicted octanol–water partition coefficient (Wildman–Crippen LogP) is 4.22. The summed E-state index contributed by atoms with van der Waals surface area (Å²) in [5, 5.41) is 15.2. The maximum atomic E-state index is 6.21. The van der Waals surface area contributed by atoms with Gasteiger partial charge in [-0.25, -0.2) is 4.68 Å². The molecule has 0 saturated carbocycles. The predicted molar refractivity (Wildman–Crippen MR) is 107 cm³/mol. The Morgan fingerprint density at radius 1 is 1.22 bits per heavy atom. The molecule has 0 amide bonds. The Morgan fingerprint density at radius 2 is 2.04 bits per heavy atom. The van der Waals surface area contributed by atoms with E-state index in [0.29, 0.717) is 42.2 Å². The molecule has 0 fully saturated rings. The van der Waals surface area contributed by atoms with Crippen molar-refractivity contribution in [3.63, 3.8) is 0 Å². The fraction of sp³-hybridized carbons (Fsp3) is 0.278. The number of halogens is 2. The molecule has 2 aromatic carbocycles. The van der Waals surface area contributed by atoms with Gasteiger partial charge in [-0.05, 0) is 57.0 Å². The van der Waals surface area contributed by atoms with Gasteiger partial charge in [0.25, 0.3) is 0 Å². The van der Waals surface area contributed by atoms with Crippen molar-refractivity contribution in [2.24, 2.45) is 7.05 Å². The van der Waals surface area contributed by atoms with E-state index in [-0.39, 0.29) is 0 Å². The summed E-state index contributed by atoms with van der Waals surface area (Å²) in [5.74, 6) is 1.88. The number of anilines is 1. The largest absolute Gasteiger partial charge is 0.490 e. The quantitative estimate of drug-likeness (QED) is 0.552. The number of hydrogen-bond acceptors (Lipinski definition) is 6. The minimum atomic E-state index is 0.348. The number of ether oxygens (including phenoxy) is 2. The third kappa shape index (κ3) is 4.90. The Kier molecular flexibility index (Phi) is 6.52. The van der Waals surface area contributed by atoms with E-state index in [9.17, 15) is 0 Å². The third-order valence-electron chi connectivity index (χ3n) is 3.77. The van der Waals surface area contributed by atoms with Gasteiger partial charge in [0, 0.05) is 24.2 Å². The first-order valence-electron chi connectivity index (χ1n) is 8.36. The molecule has 3 aromatic rings. The van der Waals surface area contributed by atoms with Crippen LogP contribution in [0.2, 0.25) is 5.02 Å². The van der Waals surface area contributed by atoms with Gasteiger partial charge < -0.3 is 14.8 Å². The number of hydrogen-bond donors (Lipinski definition) is 1. The minimum absolute atomic E-state index is 0.348. The van der Waals surface area contributed by atoms with Crippen LogP contribution in [-0.2, 0) is 20.2 Å². The summed E-state index contributed by atoms with van der Waals surface area (Å²) in [4.78, 5) is 0. The maximum Gasteiger partial charge on any atom is 0.242 e. The number of aromatic nitrogens is 4. The Hall–Kier alpha value is -2.32. The summed E-state index contributed by atoms with van der Waals surface area (Å²) >= 11 is 9.79. The molecule has 0 unspecified atom stereocenters. The van der Waals surface area contributed by atoms with E-state index < -0.39 is 0 Å². The van der Waals surface area contributed by atoms with Gasteiger partial charge in [-0.2, -0.15) is 0 Å². The number of aryl methyl sites for hydroxylation is 1. The highest BCUT2D eigenvalue weighted by Gasteiger charge is 2.14. The van der Waals surface area contributed by atoms with Gasteiger partial charge in [0.1, 0.15) is 6.61 Å².